The van der Waals surface area contributed by atoms with E-state index in [1.54, 1.807) is 0 Å². The molecule has 0 spiro atoms. The van der Waals surface area contributed by atoms with Gasteiger partial charge in [0.25, 0.3) is 5.91 Å². The van der Waals surface area contributed by atoms with Gasteiger partial charge in [-0.1, -0.05) is 36.4 Å². The van der Waals surface area contributed by atoms with Gasteiger partial charge in [-0.3, -0.25) is 4.79 Å². The summed E-state index contributed by atoms with van der Waals surface area (Å²) >= 11 is 0. The van der Waals surface area contributed by atoms with Crippen LogP contribution in [0.5, 0.6) is 11.5 Å². The molecule has 0 saturated carbocycles. The molecule has 28 heavy (non-hydrogen) atoms. The molecule has 0 heterocycles. The third-order valence-corrected chi connectivity index (χ3v) is 4.09. The van der Waals surface area contributed by atoms with Crippen LogP contribution in [0, 0.1) is 0 Å². The lowest BCUT2D eigenvalue weighted by molar-refractivity contribution is -0.124. The smallest absolute Gasteiger partial charge is 0.258 e. The van der Waals surface area contributed by atoms with Crippen molar-refractivity contribution in [3.05, 3.63) is 59.7 Å². The first-order valence-corrected chi connectivity index (χ1v) is 9.76. The second kappa shape index (κ2) is 10.1. The molecule has 5 heteroatoms. The first kappa shape index (κ1) is 21.8. The zero-order chi connectivity index (χ0) is 20.6. The normalized spacial score (nSPS) is 12.3. The molecule has 0 aliphatic rings. The van der Waals surface area contributed by atoms with Crippen molar-refractivity contribution in [1.82, 2.24) is 10.6 Å². The molecule has 2 aromatic rings. The Morgan fingerprint density at radius 1 is 1.04 bits per heavy atom. The van der Waals surface area contributed by atoms with Gasteiger partial charge in [0, 0.05) is 18.1 Å². The highest BCUT2D eigenvalue weighted by molar-refractivity contribution is 5.78. The average molecular weight is 385 g/mol. The largest absolute Gasteiger partial charge is 0.490 e. The van der Waals surface area contributed by atoms with Crippen LogP contribution in [-0.2, 0) is 11.3 Å². The van der Waals surface area contributed by atoms with Crippen molar-refractivity contribution < 1.29 is 14.3 Å². The molecular weight excluding hydrogens is 352 g/mol. The molecule has 5 nitrogen and oxygen atoms in total. The Labute approximate surface area is 168 Å². The number of benzene rings is 2. The van der Waals surface area contributed by atoms with Crippen molar-refractivity contribution >= 4 is 5.91 Å². The van der Waals surface area contributed by atoms with Crippen molar-refractivity contribution in [2.75, 3.05) is 13.2 Å². The Bertz CT molecular complexity index is 754. The lowest BCUT2D eigenvalue weighted by Gasteiger charge is -2.21. The number of rotatable bonds is 9. The van der Waals surface area contributed by atoms with Gasteiger partial charge in [0.15, 0.2) is 18.1 Å². The van der Waals surface area contributed by atoms with Crippen LogP contribution in [0.1, 0.15) is 51.8 Å². The van der Waals surface area contributed by atoms with Gasteiger partial charge in [0.05, 0.1) is 6.61 Å². The maximum atomic E-state index is 12.0. The minimum Gasteiger partial charge on any atom is -0.490 e. The number of nitrogens with one attached hydrogen (secondary N) is 2. The fourth-order valence-corrected chi connectivity index (χ4v) is 2.78. The Morgan fingerprint density at radius 3 is 2.39 bits per heavy atom. The fourth-order valence-electron chi connectivity index (χ4n) is 2.78. The summed E-state index contributed by atoms with van der Waals surface area (Å²) in [6, 6.07) is 16.4. The van der Waals surface area contributed by atoms with E-state index in [-0.39, 0.29) is 24.1 Å². The first-order valence-electron chi connectivity index (χ1n) is 9.76. The van der Waals surface area contributed by atoms with E-state index in [1.807, 2.05) is 64.1 Å². The van der Waals surface area contributed by atoms with E-state index in [9.17, 15) is 4.79 Å². The molecule has 1 unspecified atom stereocenters. The Hall–Kier alpha value is -2.53. The van der Waals surface area contributed by atoms with E-state index in [2.05, 4.69) is 29.7 Å². The summed E-state index contributed by atoms with van der Waals surface area (Å²) in [7, 11) is 0. The van der Waals surface area contributed by atoms with Crippen LogP contribution in [0.4, 0.5) is 0 Å². The summed E-state index contributed by atoms with van der Waals surface area (Å²) < 4.78 is 11.4. The molecule has 0 aliphatic heterocycles. The second-order valence-electron chi connectivity index (χ2n) is 7.81. The van der Waals surface area contributed by atoms with Gasteiger partial charge in [-0.2, -0.15) is 0 Å². The quantitative estimate of drug-likeness (QED) is 0.679. The van der Waals surface area contributed by atoms with Gasteiger partial charge >= 0.3 is 0 Å². The Morgan fingerprint density at radius 2 is 1.75 bits per heavy atom. The number of ether oxygens (including phenoxy) is 2. The second-order valence-corrected chi connectivity index (χ2v) is 7.81. The zero-order valence-electron chi connectivity index (χ0n) is 17.5. The highest BCUT2D eigenvalue weighted by Gasteiger charge is 2.15. The summed E-state index contributed by atoms with van der Waals surface area (Å²) in [4.78, 5) is 12.0. The standard InChI is InChI=1S/C23H32N2O3/c1-6-27-21-14-18(15-24-17(2)19-10-8-7-9-11-19)12-13-20(21)28-16-22(26)25-23(3,4)5/h7-14,17,24H,6,15-16H2,1-5H3,(H,25,26). The van der Waals surface area contributed by atoms with Crippen molar-refractivity contribution in [1.29, 1.82) is 0 Å². The summed E-state index contributed by atoms with van der Waals surface area (Å²) in [5, 5.41) is 6.41. The van der Waals surface area contributed by atoms with Crippen LogP contribution in [0.2, 0.25) is 0 Å². The first-order chi connectivity index (χ1) is 13.3. The van der Waals surface area contributed by atoms with Crippen molar-refractivity contribution in [2.24, 2.45) is 0 Å². The van der Waals surface area contributed by atoms with E-state index in [0.29, 0.717) is 24.7 Å². The molecular formula is C23H32N2O3. The van der Waals surface area contributed by atoms with E-state index in [0.717, 1.165) is 5.56 Å². The lowest BCUT2D eigenvalue weighted by atomic mass is 10.1. The van der Waals surface area contributed by atoms with Gasteiger partial charge in [0.1, 0.15) is 0 Å². The minimum atomic E-state index is -0.284. The highest BCUT2D eigenvalue weighted by Crippen LogP contribution is 2.29. The Kier molecular flexibility index (Phi) is 7.88. The molecule has 1 atom stereocenters. The number of hydrogen-bond acceptors (Lipinski definition) is 4. The van der Waals surface area contributed by atoms with Crippen molar-refractivity contribution in [3.8, 4) is 11.5 Å². The molecule has 0 aromatic heterocycles. The molecule has 152 valence electrons. The fraction of sp³-hybridized carbons (Fsp3) is 0.435. The predicted octanol–water partition coefficient (Wildman–Crippen LogP) is 4.23. The van der Waals surface area contributed by atoms with Gasteiger partial charge in [0.2, 0.25) is 0 Å². The van der Waals surface area contributed by atoms with Crippen LogP contribution in [0.3, 0.4) is 0 Å². The van der Waals surface area contributed by atoms with Crippen LogP contribution < -0.4 is 20.1 Å². The molecule has 2 rings (SSSR count). The van der Waals surface area contributed by atoms with Gasteiger partial charge < -0.3 is 20.1 Å². The molecule has 0 bridgehead atoms. The van der Waals surface area contributed by atoms with Crippen LogP contribution in [0.25, 0.3) is 0 Å². The molecule has 2 aromatic carbocycles. The maximum absolute atomic E-state index is 12.0. The molecule has 0 radical (unpaired) electrons. The Balaban J connectivity index is 1.98. The molecule has 1 amide bonds. The summed E-state index contributed by atoms with van der Waals surface area (Å²) in [5.41, 5.74) is 2.06. The van der Waals surface area contributed by atoms with Gasteiger partial charge in [-0.25, -0.2) is 0 Å². The van der Waals surface area contributed by atoms with Crippen LogP contribution in [-0.4, -0.2) is 24.7 Å². The van der Waals surface area contributed by atoms with E-state index >= 15 is 0 Å². The van der Waals surface area contributed by atoms with Crippen LogP contribution >= 0.6 is 0 Å². The van der Waals surface area contributed by atoms with Crippen molar-refractivity contribution in [3.63, 3.8) is 0 Å². The number of carbonyl (C=O) groups excluding carboxylic acids is 1. The van der Waals surface area contributed by atoms with E-state index in [1.165, 1.54) is 5.56 Å². The lowest BCUT2D eigenvalue weighted by Crippen LogP contribution is -2.43. The van der Waals surface area contributed by atoms with Gasteiger partial charge in [-0.05, 0) is 57.9 Å². The van der Waals surface area contributed by atoms with Crippen LogP contribution in [0.15, 0.2) is 48.5 Å². The summed E-state index contributed by atoms with van der Waals surface area (Å²) in [6.45, 7) is 11.1. The molecule has 0 aliphatic carbocycles. The third-order valence-electron chi connectivity index (χ3n) is 4.09. The predicted molar refractivity (Wildman–Crippen MR) is 113 cm³/mol. The monoisotopic (exact) mass is 384 g/mol. The van der Waals surface area contributed by atoms with E-state index in [4.69, 9.17) is 9.47 Å². The summed E-state index contributed by atoms with van der Waals surface area (Å²) in [6.07, 6.45) is 0. The SMILES string of the molecule is CCOc1cc(CNC(C)c2ccccc2)ccc1OCC(=O)NC(C)(C)C. The molecule has 0 fully saturated rings. The van der Waals surface area contributed by atoms with Crippen molar-refractivity contribution in [2.45, 2.75) is 52.7 Å². The third kappa shape index (κ3) is 7.24. The highest BCUT2D eigenvalue weighted by atomic mass is 16.5. The minimum absolute atomic E-state index is 0.0417. The topological polar surface area (TPSA) is 59.6 Å². The average Bonchev–Trinajstić information content (AvgIpc) is 2.65. The number of amides is 1. The maximum Gasteiger partial charge on any atom is 0.258 e. The molecule has 0 saturated heterocycles. The zero-order valence-corrected chi connectivity index (χ0v) is 17.5. The molecule has 2 N–H and O–H groups in total. The van der Waals surface area contributed by atoms with E-state index < -0.39 is 0 Å². The van der Waals surface area contributed by atoms with Gasteiger partial charge in [-0.15, -0.1) is 0 Å². The number of carbonyl (C=O) groups is 1. The number of hydrogen-bond donors (Lipinski definition) is 2. The summed E-state index contributed by atoms with van der Waals surface area (Å²) in [5.74, 6) is 1.07.